The molecule has 0 bridgehead atoms. The molecule has 1 N–H and O–H groups in total. The lowest BCUT2D eigenvalue weighted by Crippen LogP contribution is -2.51. The van der Waals surface area contributed by atoms with Crippen LogP contribution in [0.15, 0.2) is 48.5 Å². The van der Waals surface area contributed by atoms with Crippen LogP contribution in [0.25, 0.3) is 0 Å². The molecule has 3 rings (SSSR count). The zero-order chi connectivity index (χ0) is 17.8. The third-order valence-corrected chi connectivity index (χ3v) is 4.61. The van der Waals surface area contributed by atoms with Gasteiger partial charge in [-0.05, 0) is 30.3 Å². The van der Waals surface area contributed by atoms with E-state index in [1.54, 1.807) is 17.0 Å². The van der Waals surface area contributed by atoms with E-state index in [4.69, 9.17) is 23.2 Å². The first-order valence-corrected chi connectivity index (χ1v) is 8.65. The molecule has 1 heterocycles. The minimum atomic E-state index is -0.697. The second kappa shape index (κ2) is 7.76. The van der Waals surface area contributed by atoms with E-state index in [9.17, 15) is 9.59 Å². The largest absolute Gasteiger partial charge is 0.368 e. The molecule has 2 amide bonds. The lowest BCUT2D eigenvalue weighted by molar-refractivity contribution is -0.143. The van der Waals surface area contributed by atoms with Crippen LogP contribution in [-0.2, 0) is 9.59 Å². The lowest BCUT2D eigenvalue weighted by Gasteiger charge is -2.35. The van der Waals surface area contributed by atoms with Gasteiger partial charge in [-0.15, -0.1) is 0 Å². The molecular formula is C18H17Cl2N3O2. The van der Waals surface area contributed by atoms with Crippen molar-refractivity contribution in [3.8, 4) is 0 Å². The molecule has 1 aliphatic rings. The number of benzene rings is 2. The normalized spacial score (nSPS) is 14.3. The van der Waals surface area contributed by atoms with E-state index in [1.807, 2.05) is 30.3 Å². The number of nitrogens with one attached hydrogen (secondary N) is 1. The first kappa shape index (κ1) is 17.6. The highest BCUT2D eigenvalue weighted by atomic mass is 35.5. The van der Waals surface area contributed by atoms with Crippen molar-refractivity contribution in [3.63, 3.8) is 0 Å². The van der Waals surface area contributed by atoms with Crippen LogP contribution in [0.5, 0.6) is 0 Å². The third-order valence-electron chi connectivity index (χ3n) is 4.06. The van der Waals surface area contributed by atoms with E-state index in [-0.39, 0.29) is 0 Å². The summed E-state index contributed by atoms with van der Waals surface area (Å²) in [7, 11) is 0. The molecule has 0 aliphatic carbocycles. The third kappa shape index (κ3) is 4.24. The second-order valence-corrected chi connectivity index (χ2v) is 6.54. The zero-order valence-electron chi connectivity index (χ0n) is 13.4. The Kier molecular flexibility index (Phi) is 5.46. The summed E-state index contributed by atoms with van der Waals surface area (Å²) in [6, 6.07) is 14.7. The molecule has 1 fully saturated rings. The zero-order valence-corrected chi connectivity index (χ0v) is 14.9. The molecule has 2 aromatic carbocycles. The van der Waals surface area contributed by atoms with Crippen molar-refractivity contribution in [2.75, 3.05) is 36.4 Å². The van der Waals surface area contributed by atoms with Gasteiger partial charge in [0, 0.05) is 36.9 Å². The van der Waals surface area contributed by atoms with Gasteiger partial charge < -0.3 is 15.1 Å². The predicted molar refractivity (Wildman–Crippen MR) is 100 cm³/mol. The topological polar surface area (TPSA) is 52.7 Å². The van der Waals surface area contributed by atoms with E-state index >= 15 is 0 Å². The molecule has 0 unspecified atom stereocenters. The van der Waals surface area contributed by atoms with E-state index in [2.05, 4.69) is 10.2 Å². The number of carbonyl (C=O) groups excluding carboxylic acids is 2. The van der Waals surface area contributed by atoms with E-state index in [0.717, 1.165) is 5.69 Å². The Labute approximate surface area is 156 Å². The highest BCUT2D eigenvalue weighted by Gasteiger charge is 2.26. The van der Waals surface area contributed by atoms with E-state index in [0.29, 0.717) is 41.9 Å². The fourth-order valence-electron chi connectivity index (χ4n) is 2.72. The first-order chi connectivity index (χ1) is 12.0. The predicted octanol–water partition coefficient (Wildman–Crippen LogP) is 3.28. The van der Waals surface area contributed by atoms with Crippen LogP contribution in [0, 0.1) is 0 Å². The summed E-state index contributed by atoms with van der Waals surface area (Å²) in [5.41, 5.74) is 1.49. The fraction of sp³-hybridized carbons (Fsp3) is 0.222. The summed E-state index contributed by atoms with van der Waals surface area (Å²) in [6.07, 6.45) is 0. The lowest BCUT2D eigenvalue weighted by atomic mass is 10.2. The molecule has 0 saturated carbocycles. The standard InChI is InChI=1S/C18H17Cl2N3O2/c19-13-6-7-16(15(20)12-13)21-17(24)18(25)23-10-8-22(9-11-23)14-4-2-1-3-5-14/h1-7,12H,8-11H2,(H,21,24). The summed E-state index contributed by atoms with van der Waals surface area (Å²) in [4.78, 5) is 28.3. The molecule has 0 atom stereocenters. The van der Waals surface area contributed by atoms with Crippen molar-refractivity contribution in [2.45, 2.75) is 0 Å². The summed E-state index contributed by atoms with van der Waals surface area (Å²) >= 11 is 11.8. The molecular weight excluding hydrogens is 361 g/mol. The van der Waals surface area contributed by atoms with Crippen LogP contribution < -0.4 is 10.2 Å². The van der Waals surface area contributed by atoms with E-state index < -0.39 is 11.8 Å². The van der Waals surface area contributed by atoms with Crippen molar-refractivity contribution in [1.29, 1.82) is 0 Å². The number of piperazine rings is 1. The number of rotatable bonds is 2. The number of carbonyl (C=O) groups is 2. The molecule has 2 aromatic rings. The molecule has 0 radical (unpaired) electrons. The number of hydrogen-bond acceptors (Lipinski definition) is 3. The maximum atomic E-state index is 12.4. The van der Waals surface area contributed by atoms with Gasteiger partial charge in [0.2, 0.25) is 0 Å². The maximum absolute atomic E-state index is 12.4. The second-order valence-electron chi connectivity index (χ2n) is 5.69. The van der Waals surface area contributed by atoms with Crippen molar-refractivity contribution >= 4 is 46.4 Å². The van der Waals surface area contributed by atoms with E-state index in [1.165, 1.54) is 6.07 Å². The number of nitrogens with zero attached hydrogens (tertiary/aromatic N) is 2. The molecule has 0 spiro atoms. The Morgan fingerprint density at radius 1 is 0.920 bits per heavy atom. The molecule has 1 saturated heterocycles. The van der Waals surface area contributed by atoms with Crippen molar-refractivity contribution in [2.24, 2.45) is 0 Å². The summed E-state index contributed by atoms with van der Waals surface area (Å²) < 4.78 is 0. The number of hydrogen-bond donors (Lipinski definition) is 1. The van der Waals surface area contributed by atoms with Gasteiger partial charge >= 0.3 is 11.8 Å². The smallest absolute Gasteiger partial charge is 0.313 e. The molecule has 0 aromatic heterocycles. The summed E-state index contributed by atoms with van der Waals surface area (Å²) in [6.45, 7) is 2.36. The fourth-order valence-corrected chi connectivity index (χ4v) is 3.17. The number of para-hydroxylation sites is 1. The van der Waals surface area contributed by atoms with Gasteiger partial charge in [0.25, 0.3) is 0 Å². The van der Waals surface area contributed by atoms with Crippen LogP contribution in [0.4, 0.5) is 11.4 Å². The molecule has 1 aliphatic heterocycles. The van der Waals surface area contributed by atoms with Gasteiger partial charge in [-0.1, -0.05) is 41.4 Å². The average Bonchev–Trinajstić information content (AvgIpc) is 2.64. The average molecular weight is 378 g/mol. The Morgan fingerprint density at radius 2 is 1.60 bits per heavy atom. The van der Waals surface area contributed by atoms with Crippen LogP contribution in [-0.4, -0.2) is 42.9 Å². The Bertz CT molecular complexity index is 775. The van der Waals surface area contributed by atoms with Crippen LogP contribution in [0.1, 0.15) is 0 Å². The number of anilines is 2. The number of halogens is 2. The van der Waals surface area contributed by atoms with Crippen LogP contribution >= 0.6 is 23.2 Å². The van der Waals surface area contributed by atoms with Gasteiger partial charge in [0.1, 0.15) is 0 Å². The first-order valence-electron chi connectivity index (χ1n) is 7.90. The Hall–Kier alpha value is -2.24. The van der Waals surface area contributed by atoms with Crippen LogP contribution in [0.3, 0.4) is 0 Å². The van der Waals surface area contributed by atoms with Gasteiger partial charge in [0.15, 0.2) is 0 Å². The monoisotopic (exact) mass is 377 g/mol. The quantitative estimate of drug-likeness (QED) is 0.817. The minimum Gasteiger partial charge on any atom is -0.368 e. The van der Waals surface area contributed by atoms with Crippen LogP contribution in [0.2, 0.25) is 10.0 Å². The highest BCUT2D eigenvalue weighted by Crippen LogP contribution is 2.25. The highest BCUT2D eigenvalue weighted by molar-refractivity contribution is 6.42. The van der Waals surface area contributed by atoms with Gasteiger partial charge in [-0.2, -0.15) is 0 Å². The Balaban J connectivity index is 1.57. The van der Waals surface area contributed by atoms with Crippen molar-refractivity contribution < 1.29 is 9.59 Å². The Morgan fingerprint density at radius 3 is 2.24 bits per heavy atom. The summed E-state index contributed by atoms with van der Waals surface area (Å²) in [5, 5.41) is 3.30. The maximum Gasteiger partial charge on any atom is 0.313 e. The SMILES string of the molecule is O=C(Nc1ccc(Cl)cc1Cl)C(=O)N1CCN(c2ccccc2)CC1. The summed E-state index contributed by atoms with van der Waals surface area (Å²) in [5.74, 6) is -1.25. The molecule has 25 heavy (non-hydrogen) atoms. The molecule has 5 nitrogen and oxygen atoms in total. The van der Waals surface area contributed by atoms with Crippen molar-refractivity contribution in [1.82, 2.24) is 4.90 Å². The number of amides is 2. The van der Waals surface area contributed by atoms with Gasteiger partial charge in [-0.3, -0.25) is 9.59 Å². The van der Waals surface area contributed by atoms with Gasteiger partial charge in [0.05, 0.1) is 10.7 Å². The minimum absolute atomic E-state index is 0.294. The molecule has 130 valence electrons. The van der Waals surface area contributed by atoms with Gasteiger partial charge in [-0.25, -0.2) is 0 Å². The van der Waals surface area contributed by atoms with Crippen molar-refractivity contribution in [3.05, 3.63) is 58.6 Å². The molecule has 7 heteroatoms.